The van der Waals surface area contributed by atoms with Crippen LogP contribution in [0.1, 0.15) is 11.1 Å². The van der Waals surface area contributed by atoms with Crippen molar-refractivity contribution in [1.82, 2.24) is 0 Å². The Bertz CT molecular complexity index is 1310. The van der Waals surface area contributed by atoms with Crippen LogP contribution < -0.4 is 19.7 Å². The van der Waals surface area contributed by atoms with E-state index in [0.29, 0.717) is 31.9 Å². The lowest BCUT2D eigenvalue weighted by Gasteiger charge is -2.14. The van der Waals surface area contributed by atoms with Crippen LogP contribution in [0.2, 0.25) is 5.02 Å². The molecular weight excluding hydrogens is 504 g/mol. The van der Waals surface area contributed by atoms with E-state index in [1.807, 2.05) is 61.5 Å². The molecule has 0 radical (unpaired) electrons. The highest BCUT2D eigenvalue weighted by atomic mass is 35.5. The summed E-state index contributed by atoms with van der Waals surface area (Å²) in [6, 6.07) is 20.0. The minimum absolute atomic E-state index is 0.214. The summed E-state index contributed by atoms with van der Waals surface area (Å²) >= 11 is 13.1. The smallest absolute Gasteiger partial charge is 0.270 e. The third kappa shape index (κ3) is 5.85. The summed E-state index contributed by atoms with van der Waals surface area (Å²) in [6.07, 6.45) is 1.70. The number of rotatable bonds is 7. The second-order valence-electron chi connectivity index (χ2n) is 7.59. The number of ether oxygens (including phenoxy) is 2. The van der Waals surface area contributed by atoms with Gasteiger partial charge in [-0.25, -0.2) is 0 Å². The first-order valence-electron chi connectivity index (χ1n) is 10.6. The molecule has 3 aromatic carbocycles. The largest absolute Gasteiger partial charge is 0.493 e. The van der Waals surface area contributed by atoms with Crippen LogP contribution in [0.15, 0.2) is 71.6 Å². The van der Waals surface area contributed by atoms with Gasteiger partial charge in [-0.1, -0.05) is 71.5 Å². The summed E-state index contributed by atoms with van der Waals surface area (Å²) in [5.41, 5.74) is 3.11. The lowest BCUT2D eigenvalue weighted by molar-refractivity contribution is -0.118. The molecule has 1 fully saturated rings. The molecule has 9 heteroatoms. The molecule has 0 unspecified atom stereocenters. The van der Waals surface area contributed by atoms with Gasteiger partial charge in [0.05, 0.1) is 22.7 Å². The van der Waals surface area contributed by atoms with Crippen molar-refractivity contribution >= 4 is 69.2 Å². The first kappa shape index (κ1) is 24.8. The van der Waals surface area contributed by atoms with Crippen molar-refractivity contribution in [3.05, 3.63) is 87.8 Å². The molecular formula is C26H21ClN2O4S2. The minimum atomic E-state index is -0.333. The Balaban J connectivity index is 1.49. The van der Waals surface area contributed by atoms with Crippen LogP contribution in [-0.2, 0) is 9.59 Å². The van der Waals surface area contributed by atoms with Gasteiger partial charge in [0, 0.05) is 5.69 Å². The molecule has 0 spiro atoms. The number of amides is 2. The third-order valence-electron chi connectivity index (χ3n) is 5.04. The number of methoxy groups -OCH3 is 1. The van der Waals surface area contributed by atoms with E-state index in [-0.39, 0.29) is 29.2 Å². The molecule has 1 N–H and O–H groups in total. The van der Waals surface area contributed by atoms with Gasteiger partial charge in [-0.05, 0) is 55.0 Å². The number of halogens is 1. The molecule has 0 aliphatic carbocycles. The van der Waals surface area contributed by atoms with Crippen molar-refractivity contribution in [2.24, 2.45) is 0 Å². The first-order valence-corrected chi connectivity index (χ1v) is 12.2. The molecule has 0 atom stereocenters. The maximum Gasteiger partial charge on any atom is 0.270 e. The van der Waals surface area contributed by atoms with E-state index in [9.17, 15) is 9.59 Å². The monoisotopic (exact) mass is 524 g/mol. The number of hydrogen-bond donors (Lipinski definition) is 1. The fourth-order valence-corrected chi connectivity index (χ4v) is 4.93. The number of nitrogens with zero attached hydrogens (tertiary/aromatic N) is 1. The number of carbonyl (C=O) groups is 2. The molecule has 1 aliphatic rings. The van der Waals surface area contributed by atoms with Crippen LogP contribution >= 0.6 is 35.6 Å². The van der Waals surface area contributed by atoms with Crippen molar-refractivity contribution in [2.75, 3.05) is 23.9 Å². The van der Waals surface area contributed by atoms with Gasteiger partial charge in [-0.15, -0.1) is 0 Å². The average molecular weight is 525 g/mol. The quantitative estimate of drug-likeness (QED) is 0.298. The highest BCUT2D eigenvalue weighted by molar-refractivity contribution is 8.27. The van der Waals surface area contributed by atoms with Crippen molar-refractivity contribution in [2.45, 2.75) is 6.92 Å². The lowest BCUT2D eigenvalue weighted by Crippen LogP contribution is -2.27. The van der Waals surface area contributed by atoms with Crippen LogP contribution in [0.5, 0.6) is 11.5 Å². The number of anilines is 2. The van der Waals surface area contributed by atoms with E-state index in [1.165, 1.54) is 23.8 Å². The van der Waals surface area contributed by atoms with Crippen molar-refractivity contribution < 1.29 is 19.1 Å². The van der Waals surface area contributed by atoms with E-state index in [0.717, 1.165) is 5.56 Å². The van der Waals surface area contributed by atoms with Crippen molar-refractivity contribution in [3.8, 4) is 11.5 Å². The van der Waals surface area contributed by atoms with Gasteiger partial charge in [0.15, 0.2) is 22.4 Å². The predicted molar refractivity (Wildman–Crippen MR) is 145 cm³/mol. The van der Waals surface area contributed by atoms with Gasteiger partial charge < -0.3 is 14.8 Å². The molecule has 3 aromatic rings. The van der Waals surface area contributed by atoms with Gasteiger partial charge in [0.2, 0.25) is 0 Å². The van der Waals surface area contributed by atoms with Gasteiger partial charge in [0.1, 0.15) is 0 Å². The normalized spacial score (nSPS) is 14.4. The number of nitrogens with one attached hydrogen (secondary N) is 1. The molecule has 0 aromatic heterocycles. The number of hydrogen-bond acceptors (Lipinski definition) is 6. The van der Waals surface area contributed by atoms with Crippen LogP contribution in [0.4, 0.5) is 11.4 Å². The van der Waals surface area contributed by atoms with Crippen LogP contribution in [0, 0.1) is 6.92 Å². The maximum atomic E-state index is 13.0. The molecule has 1 aliphatic heterocycles. The summed E-state index contributed by atoms with van der Waals surface area (Å²) in [6.45, 7) is 1.72. The molecule has 1 heterocycles. The Labute approximate surface area is 217 Å². The molecule has 35 heavy (non-hydrogen) atoms. The van der Waals surface area contributed by atoms with Crippen LogP contribution in [-0.4, -0.2) is 29.9 Å². The van der Waals surface area contributed by atoms with Gasteiger partial charge in [-0.3, -0.25) is 14.5 Å². The molecule has 2 amide bonds. The molecule has 178 valence electrons. The topological polar surface area (TPSA) is 67.9 Å². The van der Waals surface area contributed by atoms with Gasteiger partial charge in [-0.2, -0.15) is 0 Å². The minimum Gasteiger partial charge on any atom is -0.493 e. The molecule has 0 saturated carbocycles. The SMILES string of the molecule is COc1cc(/C=C2/SC(=S)N(c3ccccc3)C2=O)cc(Cl)c1OCC(=O)Nc1ccc(C)cc1. The van der Waals surface area contributed by atoms with E-state index >= 15 is 0 Å². The number of thioether (sulfide) groups is 1. The summed E-state index contributed by atoms with van der Waals surface area (Å²) in [7, 11) is 1.48. The Kier molecular flexibility index (Phi) is 7.75. The second-order valence-corrected chi connectivity index (χ2v) is 9.67. The van der Waals surface area contributed by atoms with E-state index in [4.69, 9.17) is 33.3 Å². The fraction of sp³-hybridized carbons (Fsp3) is 0.115. The van der Waals surface area contributed by atoms with E-state index < -0.39 is 0 Å². The van der Waals surface area contributed by atoms with Crippen molar-refractivity contribution in [1.29, 1.82) is 0 Å². The Morgan fingerprint density at radius 2 is 1.86 bits per heavy atom. The molecule has 4 rings (SSSR count). The molecule has 1 saturated heterocycles. The number of carbonyl (C=O) groups excluding carboxylic acids is 2. The standard InChI is InChI=1S/C26H21ClN2O4S2/c1-16-8-10-18(11-9-16)28-23(30)15-33-24-20(27)12-17(13-21(24)32-2)14-22-25(31)29(26(34)35-22)19-6-4-3-5-7-19/h3-14H,15H2,1-2H3,(H,28,30)/b22-14+. The zero-order valence-corrected chi connectivity index (χ0v) is 21.3. The molecule has 6 nitrogen and oxygen atoms in total. The Morgan fingerprint density at radius 3 is 2.54 bits per heavy atom. The van der Waals surface area contributed by atoms with Crippen LogP contribution in [0.3, 0.4) is 0 Å². The number of benzene rings is 3. The third-order valence-corrected chi connectivity index (χ3v) is 6.62. The summed E-state index contributed by atoms with van der Waals surface area (Å²) < 4.78 is 11.5. The molecule has 0 bridgehead atoms. The number of aryl methyl sites for hydroxylation is 1. The first-order chi connectivity index (χ1) is 16.9. The van der Waals surface area contributed by atoms with E-state index in [2.05, 4.69) is 5.32 Å². The van der Waals surface area contributed by atoms with Crippen LogP contribution in [0.25, 0.3) is 6.08 Å². The average Bonchev–Trinajstić information content (AvgIpc) is 3.12. The lowest BCUT2D eigenvalue weighted by atomic mass is 10.1. The number of para-hydroxylation sites is 1. The Hall–Kier alpha value is -3.33. The zero-order chi connectivity index (χ0) is 24.9. The predicted octanol–water partition coefficient (Wildman–Crippen LogP) is 6.08. The van der Waals surface area contributed by atoms with Crippen molar-refractivity contribution in [3.63, 3.8) is 0 Å². The highest BCUT2D eigenvalue weighted by Crippen LogP contribution is 2.40. The Morgan fingerprint density at radius 1 is 1.14 bits per heavy atom. The maximum absolute atomic E-state index is 13.0. The van der Waals surface area contributed by atoms with E-state index in [1.54, 1.807) is 18.2 Å². The second kappa shape index (κ2) is 10.9. The van der Waals surface area contributed by atoms with Gasteiger partial charge in [0.25, 0.3) is 11.8 Å². The summed E-state index contributed by atoms with van der Waals surface area (Å²) in [5, 5.41) is 3.02. The zero-order valence-electron chi connectivity index (χ0n) is 18.9. The summed E-state index contributed by atoms with van der Waals surface area (Å²) in [4.78, 5) is 27.3. The number of thiocarbonyl (C=S) groups is 1. The highest BCUT2D eigenvalue weighted by Gasteiger charge is 2.33. The summed E-state index contributed by atoms with van der Waals surface area (Å²) in [5.74, 6) is 0.0302. The fourth-order valence-electron chi connectivity index (χ4n) is 3.35. The van der Waals surface area contributed by atoms with Gasteiger partial charge >= 0.3 is 0 Å².